The maximum Gasteiger partial charge on any atom is 0.126 e. The largest absolute Gasteiger partial charge is 0.496 e. The lowest BCUT2D eigenvalue weighted by molar-refractivity contribution is 0.414. The zero-order valence-corrected chi connectivity index (χ0v) is 12.3. The van der Waals surface area contributed by atoms with Gasteiger partial charge < -0.3 is 4.74 Å². The Kier molecular flexibility index (Phi) is 5.20. The van der Waals surface area contributed by atoms with Crippen molar-refractivity contribution in [1.29, 1.82) is 5.26 Å². The molecule has 0 saturated carbocycles. The van der Waals surface area contributed by atoms with Crippen molar-refractivity contribution < 1.29 is 4.74 Å². The van der Waals surface area contributed by atoms with E-state index in [1.54, 1.807) is 25.3 Å². The molecule has 0 aliphatic carbocycles. The summed E-state index contributed by atoms with van der Waals surface area (Å²) >= 11 is 5.94. The van der Waals surface area contributed by atoms with Gasteiger partial charge in [0.2, 0.25) is 0 Å². The lowest BCUT2D eigenvalue weighted by Crippen LogP contribution is -1.85. The molecular formula is C18H14ClNO. The molecular weight excluding hydrogens is 282 g/mol. The maximum absolute atomic E-state index is 9.25. The van der Waals surface area contributed by atoms with Crippen LogP contribution in [0.2, 0.25) is 5.02 Å². The van der Waals surface area contributed by atoms with Crippen molar-refractivity contribution in [1.82, 2.24) is 0 Å². The second-order valence-electron chi connectivity index (χ2n) is 4.30. The van der Waals surface area contributed by atoms with Crippen LogP contribution in [-0.2, 0) is 0 Å². The molecule has 0 amide bonds. The Labute approximate surface area is 129 Å². The minimum Gasteiger partial charge on any atom is -0.496 e. The molecule has 0 aliphatic rings. The molecule has 21 heavy (non-hydrogen) atoms. The first-order chi connectivity index (χ1) is 10.2. The molecule has 2 rings (SSSR count). The smallest absolute Gasteiger partial charge is 0.126 e. The van der Waals surface area contributed by atoms with Crippen LogP contribution in [0, 0.1) is 11.3 Å². The lowest BCUT2D eigenvalue weighted by atomic mass is 10.1. The minimum absolute atomic E-state index is 0.559. The van der Waals surface area contributed by atoms with Crippen LogP contribution >= 0.6 is 11.6 Å². The molecule has 2 aromatic rings. The van der Waals surface area contributed by atoms with Gasteiger partial charge in [0.1, 0.15) is 5.75 Å². The van der Waals surface area contributed by atoms with Gasteiger partial charge in [-0.2, -0.15) is 5.26 Å². The second-order valence-corrected chi connectivity index (χ2v) is 4.74. The van der Waals surface area contributed by atoms with Gasteiger partial charge in [-0.15, -0.1) is 0 Å². The van der Waals surface area contributed by atoms with Crippen LogP contribution in [0.1, 0.15) is 11.1 Å². The predicted octanol–water partition coefficient (Wildman–Crippen LogP) is 4.97. The van der Waals surface area contributed by atoms with Gasteiger partial charge in [-0.25, -0.2) is 0 Å². The molecule has 104 valence electrons. The van der Waals surface area contributed by atoms with Crippen LogP contribution in [0.5, 0.6) is 5.75 Å². The van der Waals surface area contributed by atoms with Gasteiger partial charge in [0.25, 0.3) is 0 Å². The van der Waals surface area contributed by atoms with Crippen molar-refractivity contribution in [3.63, 3.8) is 0 Å². The van der Waals surface area contributed by atoms with Crippen molar-refractivity contribution in [2.24, 2.45) is 0 Å². The van der Waals surface area contributed by atoms with E-state index in [0.29, 0.717) is 10.6 Å². The molecule has 0 spiro atoms. The molecule has 0 atom stereocenters. The molecule has 0 N–H and O–H groups in total. The van der Waals surface area contributed by atoms with Gasteiger partial charge in [0.05, 0.1) is 18.8 Å². The Bertz CT molecular complexity index is 726. The standard InChI is InChI=1S/C18H14ClNO/c1-21-18-11-3-2-6-14(18)7-4-9-16(13-20)15-8-5-10-17(19)12-15/h2-12H,1H3. The minimum atomic E-state index is 0.559. The number of rotatable bonds is 4. The Morgan fingerprint density at radius 3 is 2.71 bits per heavy atom. The molecule has 0 heterocycles. The average Bonchev–Trinajstić information content (AvgIpc) is 2.52. The van der Waals surface area contributed by atoms with Crippen LogP contribution < -0.4 is 4.74 Å². The number of hydrogen-bond donors (Lipinski definition) is 0. The van der Waals surface area contributed by atoms with Crippen LogP contribution in [0.3, 0.4) is 0 Å². The van der Waals surface area contributed by atoms with Gasteiger partial charge in [0, 0.05) is 10.6 Å². The monoisotopic (exact) mass is 295 g/mol. The molecule has 2 aromatic carbocycles. The number of ether oxygens (including phenoxy) is 1. The van der Waals surface area contributed by atoms with Crippen molar-refractivity contribution in [2.75, 3.05) is 7.11 Å². The van der Waals surface area contributed by atoms with Crippen LogP contribution in [-0.4, -0.2) is 7.11 Å². The average molecular weight is 296 g/mol. The van der Waals surface area contributed by atoms with E-state index in [1.165, 1.54) is 0 Å². The van der Waals surface area contributed by atoms with Crippen LogP contribution in [0.25, 0.3) is 11.6 Å². The number of allylic oxidation sites excluding steroid dienone is 3. The molecule has 0 aromatic heterocycles. The third-order valence-corrected chi connectivity index (χ3v) is 3.17. The first-order valence-electron chi connectivity index (χ1n) is 6.42. The van der Waals surface area contributed by atoms with Gasteiger partial charge in [-0.3, -0.25) is 0 Å². The van der Waals surface area contributed by atoms with E-state index in [4.69, 9.17) is 16.3 Å². The van der Waals surface area contributed by atoms with Crippen molar-refractivity contribution in [3.05, 3.63) is 76.8 Å². The fourth-order valence-corrected chi connectivity index (χ4v) is 2.10. The zero-order chi connectivity index (χ0) is 15.1. The summed E-state index contributed by atoms with van der Waals surface area (Å²) in [6, 6.07) is 17.1. The number of para-hydroxylation sites is 1. The molecule has 2 nitrogen and oxygen atoms in total. The Morgan fingerprint density at radius 1 is 1.19 bits per heavy atom. The molecule has 0 unspecified atom stereocenters. The van der Waals surface area contributed by atoms with Crippen molar-refractivity contribution >= 4 is 23.3 Å². The highest BCUT2D eigenvalue weighted by Gasteiger charge is 2.00. The van der Waals surface area contributed by atoms with Crippen LogP contribution in [0.4, 0.5) is 0 Å². The molecule has 0 radical (unpaired) electrons. The van der Waals surface area contributed by atoms with Gasteiger partial charge in [-0.05, 0) is 29.8 Å². The topological polar surface area (TPSA) is 33.0 Å². The van der Waals surface area contributed by atoms with E-state index in [2.05, 4.69) is 6.07 Å². The summed E-state index contributed by atoms with van der Waals surface area (Å²) in [6.45, 7) is 0. The van der Waals surface area contributed by atoms with Gasteiger partial charge >= 0.3 is 0 Å². The predicted molar refractivity (Wildman–Crippen MR) is 87.1 cm³/mol. The van der Waals surface area contributed by atoms with E-state index in [-0.39, 0.29) is 0 Å². The molecule has 0 saturated heterocycles. The third kappa shape index (κ3) is 3.98. The van der Waals surface area contributed by atoms with E-state index in [9.17, 15) is 5.26 Å². The first-order valence-corrected chi connectivity index (χ1v) is 6.80. The quantitative estimate of drug-likeness (QED) is 0.589. The first kappa shape index (κ1) is 14.9. The number of methoxy groups -OCH3 is 1. The summed E-state index contributed by atoms with van der Waals surface area (Å²) in [6.07, 6.45) is 5.50. The van der Waals surface area contributed by atoms with E-state index >= 15 is 0 Å². The Morgan fingerprint density at radius 2 is 2.00 bits per heavy atom. The molecule has 3 heteroatoms. The SMILES string of the molecule is COc1ccccc1C=CC=C(C#N)c1cccc(Cl)c1. The summed E-state index contributed by atoms with van der Waals surface area (Å²) in [7, 11) is 1.63. The van der Waals surface area contributed by atoms with Gasteiger partial charge in [-0.1, -0.05) is 54.1 Å². The molecule has 0 fully saturated rings. The van der Waals surface area contributed by atoms with Crippen molar-refractivity contribution in [3.8, 4) is 11.8 Å². The normalized spacial score (nSPS) is 11.4. The molecule has 0 aliphatic heterocycles. The summed E-state index contributed by atoms with van der Waals surface area (Å²) in [5.74, 6) is 0.795. The molecule has 0 bridgehead atoms. The highest BCUT2D eigenvalue weighted by molar-refractivity contribution is 6.30. The van der Waals surface area contributed by atoms with Gasteiger partial charge in [0.15, 0.2) is 0 Å². The number of benzene rings is 2. The lowest BCUT2D eigenvalue weighted by Gasteiger charge is -2.02. The Balaban J connectivity index is 2.26. The summed E-state index contributed by atoms with van der Waals surface area (Å²) in [5, 5.41) is 9.86. The number of halogens is 1. The fourth-order valence-electron chi connectivity index (χ4n) is 1.91. The summed E-state index contributed by atoms with van der Waals surface area (Å²) in [5.41, 5.74) is 2.32. The second kappa shape index (κ2) is 7.33. The summed E-state index contributed by atoms with van der Waals surface area (Å²) < 4.78 is 5.28. The maximum atomic E-state index is 9.25. The van der Waals surface area contributed by atoms with E-state index in [0.717, 1.165) is 16.9 Å². The number of nitrogens with zero attached hydrogens (tertiary/aromatic N) is 1. The van der Waals surface area contributed by atoms with E-state index < -0.39 is 0 Å². The highest BCUT2D eigenvalue weighted by Crippen LogP contribution is 2.21. The third-order valence-electron chi connectivity index (χ3n) is 2.93. The summed E-state index contributed by atoms with van der Waals surface area (Å²) in [4.78, 5) is 0. The van der Waals surface area contributed by atoms with Crippen molar-refractivity contribution in [2.45, 2.75) is 0 Å². The van der Waals surface area contributed by atoms with Crippen LogP contribution in [0.15, 0.2) is 60.7 Å². The highest BCUT2D eigenvalue weighted by atomic mass is 35.5. The number of nitriles is 1. The fraction of sp³-hybridized carbons (Fsp3) is 0.0556. The van der Waals surface area contributed by atoms with E-state index in [1.807, 2.05) is 48.6 Å². The Hall–Kier alpha value is -2.50. The number of hydrogen-bond acceptors (Lipinski definition) is 2. The zero-order valence-electron chi connectivity index (χ0n) is 11.6.